The van der Waals surface area contributed by atoms with E-state index < -0.39 is 17.7 Å². The second kappa shape index (κ2) is 7.57. The van der Waals surface area contributed by atoms with E-state index in [-0.39, 0.29) is 18.7 Å². The van der Waals surface area contributed by atoms with Crippen LogP contribution in [0.15, 0.2) is 59.5 Å². The van der Waals surface area contributed by atoms with E-state index in [1.807, 2.05) is 18.2 Å². The van der Waals surface area contributed by atoms with Crippen molar-refractivity contribution in [2.45, 2.75) is 13.1 Å². The van der Waals surface area contributed by atoms with Crippen LogP contribution in [0.5, 0.6) is 0 Å². The fourth-order valence-electron chi connectivity index (χ4n) is 2.20. The number of furan rings is 1. The van der Waals surface area contributed by atoms with Crippen molar-refractivity contribution >= 4 is 6.03 Å². The van der Waals surface area contributed by atoms with Crippen LogP contribution in [0.25, 0.3) is 11.3 Å². The smallest absolute Gasteiger partial charge is 0.315 e. The molecule has 0 saturated heterocycles. The van der Waals surface area contributed by atoms with Crippen LogP contribution in [-0.2, 0) is 13.1 Å². The van der Waals surface area contributed by atoms with Gasteiger partial charge in [0.2, 0.25) is 0 Å². The molecular formula is C18H15F2N3O2. The Labute approximate surface area is 142 Å². The van der Waals surface area contributed by atoms with Crippen LogP contribution in [0.2, 0.25) is 0 Å². The quantitative estimate of drug-likeness (QED) is 0.743. The summed E-state index contributed by atoms with van der Waals surface area (Å²) in [6, 6.07) is 8.24. The van der Waals surface area contributed by atoms with E-state index in [9.17, 15) is 13.6 Å². The normalized spacial score (nSPS) is 10.5. The van der Waals surface area contributed by atoms with Crippen molar-refractivity contribution in [3.63, 3.8) is 0 Å². The Balaban J connectivity index is 1.49. The van der Waals surface area contributed by atoms with E-state index in [2.05, 4.69) is 15.6 Å². The van der Waals surface area contributed by atoms with E-state index in [1.54, 1.807) is 18.7 Å². The Bertz CT molecular complexity index is 849. The Morgan fingerprint density at radius 3 is 2.60 bits per heavy atom. The van der Waals surface area contributed by atoms with Crippen LogP contribution in [0, 0.1) is 11.6 Å². The molecule has 0 unspecified atom stereocenters. The second-order valence-electron chi connectivity index (χ2n) is 5.34. The molecule has 1 aromatic carbocycles. The standard InChI is InChI=1S/C18H15F2N3O2/c19-15-3-2-13(16(20)7-15)10-23-18(24)22-9-12-1-4-17(21-8-12)14-5-6-25-11-14/h1-8,11H,9-10H2,(H2,22,23,24). The van der Waals surface area contributed by atoms with E-state index in [0.29, 0.717) is 0 Å². The number of nitrogens with zero attached hydrogens (tertiary/aromatic N) is 1. The van der Waals surface area contributed by atoms with Gasteiger partial charge in [0, 0.05) is 36.5 Å². The molecule has 7 heteroatoms. The SMILES string of the molecule is O=C(NCc1ccc(-c2ccoc2)nc1)NCc1ccc(F)cc1F. The highest BCUT2D eigenvalue weighted by atomic mass is 19.1. The van der Waals surface area contributed by atoms with Gasteiger partial charge >= 0.3 is 6.03 Å². The number of carbonyl (C=O) groups is 1. The fourth-order valence-corrected chi connectivity index (χ4v) is 2.20. The largest absolute Gasteiger partial charge is 0.472 e. The van der Waals surface area contributed by atoms with Gasteiger partial charge in [-0.25, -0.2) is 13.6 Å². The fraction of sp³-hybridized carbons (Fsp3) is 0.111. The van der Waals surface area contributed by atoms with Gasteiger partial charge in [-0.1, -0.05) is 12.1 Å². The minimum atomic E-state index is -0.695. The second-order valence-corrected chi connectivity index (χ2v) is 5.34. The summed E-state index contributed by atoms with van der Waals surface area (Å²) in [7, 11) is 0. The van der Waals surface area contributed by atoms with Crippen molar-refractivity contribution in [2.75, 3.05) is 0 Å². The third-order valence-electron chi connectivity index (χ3n) is 3.55. The molecule has 5 nitrogen and oxygen atoms in total. The van der Waals surface area contributed by atoms with Crippen LogP contribution >= 0.6 is 0 Å². The number of hydrogen-bond donors (Lipinski definition) is 2. The van der Waals surface area contributed by atoms with Crippen molar-refractivity contribution in [2.24, 2.45) is 0 Å². The van der Waals surface area contributed by atoms with Gasteiger partial charge in [-0.15, -0.1) is 0 Å². The average Bonchev–Trinajstić information content (AvgIpc) is 3.14. The summed E-state index contributed by atoms with van der Waals surface area (Å²) in [6.07, 6.45) is 4.82. The van der Waals surface area contributed by atoms with Gasteiger partial charge in [-0.2, -0.15) is 0 Å². The number of rotatable bonds is 5. The van der Waals surface area contributed by atoms with Crippen LogP contribution in [-0.4, -0.2) is 11.0 Å². The summed E-state index contributed by atoms with van der Waals surface area (Å²) in [4.78, 5) is 16.1. The highest BCUT2D eigenvalue weighted by Crippen LogP contribution is 2.17. The van der Waals surface area contributed by atoms with Crippen molar-refractivity contribution in [3.05, 3.63) is 77.9 Å². The Hall–Kier alpha value is -3.22. The maximum Gasteiger partial charge on any atom is 0.315 e. The van der Waals surface area contributed by atoms with Crippen LogP contribution in [0.1, 0.15) is 11.1 Å². The van der Waals surface area contributed by atoms with Crippen molar-refractivity contribution in [3.8, 4) is 11.3 Å². The topological polar surface area (TPSA) is 67.2 Å². The number of amides is 2. The highest BCUT2D eigenvalue weighted by molar-refractivity contribution is 5.73. The number of halogens is 2. The number of pyridine rings is 1. The Morgan fingerprint density at radius 2 is 1.92 bits per heavy atom. The number of benzene rings is 1. The molecule has 0 atom stereocenters. The summed E-state index contributed by atoms with van der Waals surface area (Å²) in [5.74, 6) is -1.35. The first kappa shape index (κ1) is 16.6. The molecule has 0 aliphatic heterocycles. The molecule has 0 aliphatic carbocycles. The molecule has 2 aromatic heterocycles. The van der Waals surface area contributed by atoms with E-state index in [1.165, 1.54) is 6.07 Å². The Morgan fingerprint density at radius 1 is 1.08 bits per heavy atom. The molecule has 3 rings (SSSR count). The van der Waals surface area contributed by atoms with Crippen LogP contribution < -0.4 is 10.6 Å². The molecule has 3 aromatic rings. The lowest BCUT2D eigenvalue weighted by Crippen LogP contribution is -2.34. The first-order valence-electron chi connectivity index (χ1n) is 7.55. The maximum absolute atomic E-state index is 13.5. The monoisotopic (exact) mass is 343 g/mol. The summed E-state index contributed by atoms with van der Waals surface area (Å²) < 4.78 is 31.3. The molecule has 0 aliphatic rings. The lowest BCUT2D eigenvalue weighted by atomic mass is 10.2. The molecule has 2 amide bonds. The van der Waals surface area contributed by atoms with Gasteiger partial charge in [0.05, 0.1) is 18.2 Å². The van der Waals surface area contributed by atoms with Gasteiger partial charge in [-0.05, 0) is 23.8 Å². The molecule has 0 spiro atoms. The zero-order chi connectivity index (χ0) is 17.6. The minimum absolute atomic E-state index is 0.0321. The summed E-state index contributed by atoms with van der Waals surface area (Å²) in [5.41, 5.74) is 2.67. The molecule has 0 radical (unpaired) electrons. The van der Waals surface area contributed by atoms with Gasteiger partial charge in [0.25, 0.3) is 0 Å². The maximum atomic E-state index is 13.5. The Kier molecular flexibility index (Phi) is 5.03. The molecular weight excluding hydrogens is 328 g/mol. The van der Waals surface area contributed by atoms with Crippen molar-refractivity contribution < 1.29 is 18.0 Å². The summed E-state index contributed by atoms with van der Waals surface area (Å²) in [5, 5.41) is 5.17. The average molecular weight is 343 g/mol. The van der Waals surface area contributed by atoms with Crippen molar-refractivity contribution in [1.29, 1.82) is 0 Å². The first-order valence-corrected chi connectivity index (χ1v) is 7.55. The van der Waals surface area contributed by atoms with E-state index in [4.69, 9.17) is 4.42 Å². The predicted octanol–water partition coefficient (Wildman–Crippen LogP) is 3.62. The molecule has 0 bridgehead atoms. The number of carbonyl (C=O) groups excluding carboxylic acids is 1. The molecule has 0 saturated carbocycles. The molecule has 25 heavy (non-hydrogen) atoms. The molecule has 128 valence electrons. The third kappa shape index (κ3) is 4.41. The van der Waals surface area contributed by atoms with Crippen molar-refractivity contribution in [1.82, 2.24) is 15.6 Å². The zero-order valence-electron chi connectivity index (χ0n) is 13.1. The third-order valence-corrected chi connectivity index (χ3v) is 3.55. The zero-order valence-corrected chi connectivity index (χ0v) is 13.1. The van der Waals surface area contributed by atoms with E-state index >= 15 is 0 Å². The first-order chi connectivity index (χ1) is 12.1. The summed E-state index contributed by atoms with van der Waals surface area (Å²) >= 11 is 0. The van der Waals surface area contributed by atoms with Gasteiger partial charge in [0.15, 0.2) is 0 Å². The molecule has 0 fully saturated rings. The van der Waals surface area contributed by atoms with Crippen LogP contribution in [0.3, 0.4) is 0 Å². The lowest BCUT2D eigenvalue weighted by molar-refractivity contribution is 0.240. The van der Waals surface area contributed by atoms with Gasteiger partial charge in [-0.3, -0.25) is 4.98 Å². The highest BCUT2D eigenvalue weighted by Gasteiger charge is 2.06. The number of aromatic nitrogens is 1. The lowest BCUT2D eigenvalue weighted by Gasteiger charge is -2.08. The van der Waals surface area contributed by atoms with E-state index in [0.717, 1.165) is 29.0 Å². The molecule has 2 N–H and O–H groups in total. The van der Waals surface area contributed by atoms with Gasteiger partial charge < -0.3 is 15.1 Å². The number of nitrogens with one attached hydrogen (secondary N) is 2. The van der Waals surface area contributed by atoms with Crippen LogP contribution in [0.4, 0.5) is 13.6 Å². The molecule has 2 heterocycles. The summed E-state index contributed by atoms with van der Waals surface area (Å²) in [6.45, 7) is 0.242. The number of urea groups is 1. The minimum Gasteiger partial charge on any atom is -0.472 e. The predicted molar refractivity (Wildman–Crippen MR) is 87.4 cm³/mol. The van der Waals surface area contributed by atoms with Gasteiger partial charge in [0.1, 0.15) is 11.6 Å². The number of hydrogen-bond acceptors (Lipinski definition) is 3.